The van der Waals surface area contributed by atoms with Gasteiger partial charge in [-0.15, -0.1) is 0 Å². The van der Waals surface area contributed by atoms with Gasteiger partial charge < -0.3 is 0 Å². The van der Waals surface area contributed by atoms with Gasteiger partial charge in [-0.1, -0.05) is 0 Å². The lowest BCUT2D eigenvalue weighted by atomic mass is 10.0. The second kappa shape index (κ2) is 5.02. The maximum Gasteiger partial charge on any atom is 0.170 e. The van der Waals surface area contributed by atoms with Crippen LogP contribution < -0.4 is 0 Å². The number of nitrogens with zero attached hydrogens (tertiary/aromatic N) is 3. The van der Waals surface area contributed by atoms with Crippen molar-refractivity contribution in [2.24, 2.45) is 7.05 Å². The fraction of sp³-hybridized carbons (Fsp3) is 0.308. The maximum absolute atomic E-state index is 12.2. The zero-order valence-corrected chi connectivity index (χ0v) is 12.2. The largest absolute Gasteiger partial charge is 0.294 e. The van der Waals surface area contributed by atoms with Gasteiger partial charge in [0.15, 0.2) is 5.78 Å². The summed E-state index contributed by atoms with van der Waals surface area (Å²) >= 11 is 3.47. The number of hydrogen-bond acceptors (Lipinski definition) is 3. The third kappa shape index (κ3) is 2.36. The van der Waals surface area contributed by atoms with Crippen LogP contribution in [0.3, 0.4) is 0 Å². The molecule has 0 fully saturated rings. The number of hydrogen-bond donors (Lipinski definition) is 0. The molecule has 0 saturated heterocycles. The number of pyridine rings is 1. The minimum absolute atomic E-state index is 0.0595. The van der Waals surface area contributed by atoms with Crippen molar-refractivity contribution in [3.05, 3.63) is 45.4 Å². The molecule has 0 atom stereocenters. The first kappa shape index (κ1) is 13.0. The Morgan fingerprint density at radius 2 is 2.17 bits per heavy atom. The Morgan fingerprint density at radius 1 is 1.44 bits per heavy atom. The lowest BCUT2D eigenvalue weighted by Crippen LogP contribution is -2.10. The fourth-order valence-electron chi connectivity index (χ4n) is 1.88. The number of aryl methyl sites for hydroxylation is 3. The van der Waals surface area contributed by atoms with Crippen LogP contribution >= 0.6 is 15.9 Å². The summed E-state index contributed by atoms with van der Waals surface area (Å²) in [5.41, 5.74) is 3.40. The molecule has 4 nitrogen and oxygen atoms in total. The Kier molecular flexibility index (Phi) is 3.61. The molecule has 0 radical (unpaired) electrons. The number of aromatic nitrogens is 3. The Hall–Kier alpha value is -1.49. The molecule has 2 rings (SSSR count). The van der Waals surface area contributed by atoms with Gasteiger partial charge >= 0.3 is 0 Å². The van der Waals surface area contributed by atoms with Crippen molar-refractivity contribution >= 4 is 21.7 Å². The molecular formula is C13H14BrN3O. The van der Waals surface area contributed by atoms with E-state index in [1.54, 1.807) is 17.1 Å². The first-order valence-corrected chi connectivity index (χ1v) is 6.41. The molecule has 2 aromatic rings. The van der Waals surface area contributed by atoms with Gasteiger partial charge in [0.05, 0.1) is 22.3 Å². The highest BCUT2D eigenvalue weighted by atomic mass is 79.9. The van der Waals surface area contributed by atoms with Gasteiger partial charge in [0.25, 0.3) is 0 Å². The molecule has 0 spiro atoms. The smallest absolute Gasteiger partial charge is 0.170 e. The van der Waals surface area contributed by atoms with Crippen LogP contribution in [0, 0.1) is 13.8 Å². The molecule has 0 N–H and O–H groups in total. The Bertz CT molecular complexity index is 604. The zero-order valence-electron chi connectivity index (χ0n) is 10.6. The molecule has 94 valence electrons. The van der Waals surface area contributed by atoms with Crippen LogP contribution in [0.4, 0.5) is 0 Å². The van der Waals surface area contributed by atoms with E-state index >= 15 is 0 Å². The first-order chi connectivity index (χ1) is 8.50. The second-order valence-electron chi connectivity index (χ2n) is 4.26. The van der Waals surface area contributed by atoms with Crippen molar-refractivity contribution in [2.45, 2.75) is 20.3 Å². The van der Waals surface area contributed by atoms with Crippen molar-refractivity contribution < 1.29 is 4.79 Å². The highest BCUT2D eigenvalue weighted by molar-refractivity contribution is 9.10. The van der Waals surface area contributed by atoms with E-state index < -0.39 is 0 Å². The van der Waals surface area contributed by atoms with Gasteiger partial charge in [-0.3, -0.25) is 14.5 Å². The van der Waals surface area contributed by atoms with Crippen molar-refractivity contribution in [2.75, 3.05) is 0 Å². The summed E-state index contributed by atoms with van der Waals surface area (Å²) in [5.74, 6) is 0.0595. The number of ketones is 1. The summed E-state index contributed by atoms with van der Waals surface area (Å²) in [6.07, 6.45) is 3.63. The normalized spacial score (nSPS) is 10.7. The molecule has 0 amide bonds. The van der Waals surface area contributed by atoms with Crippen LogP contribution in [0.5, 0.6) is 0 Å². The van der Waals surface area contributed by atoms with E-state index in [0.29, 0.717) is 12.0 Å². The van der Waals surface area contributed by atoms with Crippen LogP contribution in [0.15, 0.2) is 22.9 Å². The number of Topliss-reactive ketones (excluding diaryl/α,β-unsaturated/α-hetero) is 1. The summed E-state index contributed by atoms with van der Waals surface area (Å²) in [6, 6.07) is 1.84. The van der Waals surface area contributed by atoms with E-state index in [1.807, 2.05) is 27.0 Å². The van der Waals surface area contributed by atoms with Gasteiger partial charge in [0.2, 0.25) is 0 Å². The molecule has 0 aliphatic carbocycles. The van der Waals surface area contributed by atoms with Gasteiger partial charge in [0, 0.05) is 25.0 Å². The Labute approximate surface area is 114 Å². The van der Waals surface area contributed by atoms with Crippen molar-refractivity contribution in [1.29, 1.82) is 0 Å². The van der Waals surface area contributed by atoms with Crippen LogP contribution in [-0.4, -0.2) is 20.5 Å². The first-order valence-electron chi connectivity index (χ1n) is 5.62. The molecule has 0 unspecified atom stereocenters. The highest BCUT2D eigenvalue weighted by Crippen LogP contribution is 2.22. The van der Waals surface area contributed by atoms with Crippen molar-refractivity contribution in [1.82, 2.24) is 14.8 Å². The van der Waals surface area contributed by atoms with E-state index in [9.17, 15) is 4.79 Å². The molecule has 2 aromatic heterocycles. The lowest BCUT2D eigenvalue weighted by molar-refractivity contribution is 0.0989. The van der Waals surface area contributed by atoms with E-state index in [2.05, 4.69) is 26.0 Å². The Morgan fingerprint density at radius 3 is 2.72 bits per heavy atom. The molecule has 18 heavy (non-hydrogen) atoms. The summed E-state index contributed by atoms with van der Waals surface area (Å²) in [7, 11) is 1.84. The van der Waals surface area contributed by atoms with Crippen LogP contribution in [0.1, 0.15) is 27.3 Å². The molecule has 2 heterocycles. The quantitative estimate of drug-likeness (QED) is 0.819. The van der Waals surface area contributed by atoms with Gasteiger partial charge in [-0.2, -0.15) is 5.10 Å². The average molecular weight is 308 g/mol. The molecule has 0 aromatic carbocycles. The fourth-order valence-corrected chi connectivity index (χ4v) is 2.35. The zero-order chi connectivity index (χ0) is 13.3. The summed E-state index contributed by atoms with van der Waals surface area (Å²) < 4.78 is 2.64. The van der Waals surface area contributed by atoms with Gasteiger partial charge in [-0.25, -0.2) is 0 Å². The van der Waals surface area contributed by atoms with Gasteiger partial charge in [0.1, 0.15) is 0 Å². The number of carbonyl (C=O) groups is 1. The molecule has 0 saturated carbocycles. The monoisotopic (exact) mass is 307 g/mol. The maximum atomic E-state index is 12.2. The predicted molar refractivity (Wildman–Crippen MR) is 72.7 cm³/mol. The number of halogens is 1. The minimum Gasteiger partial charge on any atom is -0.294 e. The SMILES string of the molecule is Cc1ccncc1C(=O)Cc1c(Br)c(C)nn1C. The van der Waals surface area contributed by atoms with E-state index in [1.165, 1.54) is 0 Å². The molecule has 0 aliphatic heterocycles. The minimum atomic E-state index is 0.0595. The summed E-state index contributed by atoms with van der Waals surface area (Å²) in [4.78, 5) is 16.2. The predicted octanol–water partition coefficient (Wildman–Crippen LogP) is 2.62. The van der Waals surface area contributed by atoms with E-state index in [4.69, 9.17) is 0 Å². The van der Waals surface area contributed by atoms with Crippen LogP contribution in [0.25, 0.3) is 0 Å². The molecule has 0 aliphatic rings. The summed E-state index contributed by atoms with van der Waals surface area (Å²) in [5, 5.41) is 4.28. The molecule has 5 heteroatoms. The van der Waals surface area contributed by atoms with Crippen molar-refractivity contribution in [3.8, 4) is 0 Å². The third-order valence-corrected chi connectivity index (χ3v) is 3.96. The average Bonchev–Trinajstić information content (AvgIpc) is 2.56. The number of carbonyl (C=O) groups excluding carboxylic acids is 1. The standard InChI is InChI=1S/C13H14BrN3O/c1-8-4-5-15-7-10(8)12(18)6-11-13(14)9(2)16-17(11)3/h4-5,7H,6H2,1-3H3. The van der Waals surface area contributed by atoms with Crippen molar-refractivity contribution in [3.63, 3.8) is 0 Å². The van der Waals surface area contributed by atoms with Gasteiger partial charge in [-0.05, 0) is 41.4 Å². The topological polar surface area (TPSA) is 47.8 Å². The molecular weight excluding hydrogens is 294 g/mol. The highest BCUT2D eigenvalue weighted by Gasteiger charge is 2.16. The number of rotatable bonds is 3. The van der Waals surface area contributed by atoms with Crippen LogP contribution in [0.2, 0.25) is 0 Å². The lowest BCUT2D eigenvalue weighted by Gasteiger charge is -2.05. The second-order valence-corrected chi connectivity index (χ2v) is 5.05. The molecule has 0 bridgehead atoms. The van der Waals surface area contributed by atoms with E-state index in [-0.39, 0.29) is 5.78 Å². The Balaban J connectivity index is 2.30. The summed E-state index contributed by atoms with van der Waals surface area (Å²) in [6.45, 7) is 3.83. The van der Waals surface area contributed by atoms with E-state index in [0.717, 1.165) is 21.4 Å². The third-order valence-electron chi connectivity index (χ3n) is 2.93. The van der Waals surface area contributed by atoms with Crippen LogP contribution in [-0.2, 0) is 13.5 Å².